The standard InChI is InChI=1S/C11H22N4O2/c1-7-8(3-2-4-9(7)12)10(16)14-5-6-15-11(13)17/h7-9H,2-6,12H2,1H3,(H,14,16)(H3,13,15,17). The van der Waals surface area contributed by atoms with Gasteiger partial charge in [0, 0.05) is 25.0 Å². The number of nitrogens with two attached hydrogens (primary N) is 2. The van der Waals surface area contributed by atoms with Gasteiger partial charge in [0.15, 0.2) is 0 Å². The van der Waals surface area contributed by atoms with E-state index >= 15 is 0 Å². The molecule has 1 aliphatic rings. The summed E-state index contributed by atoms with van der Waals surface area (Å²) in [4.78, 5) is 22.3. The van der Waals surface area contributed by atoms with Crippen molar-refractivity contribution >= 4 is 11.9 Å². The second-order valence-corrected chi connectivity index (χ2v) is 4.64. The zero-order valence-corrected chi connectivity index (χ0v) is 10.2. The van der Waals surface area contributed by atoms with E-state index in [1.165, 1.54) is 0 Å². The zero-order valence-electron chi connectivity index (χ0n) is 10.2. The van der Waals surface area contributed by atoms with E-state index in [2.05, 4.69) is 10.6 Å². The Kier molecular flexibility index (Phi) is 5.21. The molecule has 17 heavy (non-hydrogen) atoms. The summed E-state index contributed by atoms with van der Waals surface area (Å²) >= 11 is 0. The van der Waals surface area contributed by atoms with Crippen LogP contribution in [0.15, 0.2) is 0 Å². The first-order valence-corrected chi connectivity index (χ1v) is 6.09. The minimum absolute atomic E-state index is 0.00710. The molecule has 0 aromatic carbocycles. The molecule has 3 atom stereocenters. The molecule has 1 rings (SSSR count). The van der Waals surface area contributed by atoms with E-state index < -0.39 is 6.03 Å². The van der Waals surface area contributed by atoms with Gasteiger partial charge in [0.25, 0.3) is 0 Å². The van der Waals surface area contributed by atoms with Gasteiger partial charge >= 0.3 is 6.03 Å². The van der Waals surface area contributed by atoms with Crippen LogP contribution < -0.4 is 22.1 Å². The maximum absolute atomic E-state index is 11.9. The number of urea groups is 1. The summed E-state index contributed by atoms with van der Waals surface area (Å²) in [5.74, 6) is 0.235. The summed E-state index contributed by atoms with van der Waals surface area (Å²) in [5.41, 5.74) is 10.9. The molecule has 1 saturated carbocycles. The van der Waals surface area contributed by atoms with Crippen LogP contribution in [0, 0.1) is 11.8 Å². The third-order valence-electron chi connectivity index (χ3n) is 3.42. The fourth-order valence-corrected chi connectivity index (χ4v) is 2.27. The predicted molar refractivity (Wildman–Crippen MR) is 65.1 cm³/mol. The number of carbonyl (C=O) groups excluding carboxylic acids is 2. The maximum atomic E-state index is 11.9. The van der Waals surface area contributed by atoms with Crippen LogP contribution in [0.5, 0.6) is 0 Å². The van der Waals surface area contributed by atoms with Gasteiger partial charge in [-0.2, -0.15) is 0 Å². The van der Waals surface area contributed by atoms with Crippen LogP contribution in [0.4, 0.5) is 4.79 Å². The average molecular weight is 242 g/mol. The van der Waals surface area contributed by atoms with Crippen molar-refractivity contribution in [2.75, 3.05) is 13.1 Å². The van der Waals surface area contributed by atoms with E-state index in [-0.39, 0.29) is 23.8 Å². The van der Waals surface area contributed by atoms with Crippen molar-refractivity contribution in [2.24, 2.45) is 23.3 Å². The van der Waals surface area contributed by atoms with Gasteiger partial charge in [-0.3, -0.25) is 4.79 Å². The molecule has 6 N–H and O–H groups in total. The second-order valence-electron chi connectivity index (χ2n) is 4.64. The highest BCUT2D eigenvalue weighted by molar-refractivity contribution is 5.79. The van der Waals surface area contributed by atoms with Gasteiger partial charge in [-0.05, 0) is 18.8 Å². The van der Waals surface area contributed by atoms with Crippen LogP contribution in [0.1, 0.15) is 26.2 Å². The Balaban J connectivity index is 2.29. The SMILES string of the molecule is CC1C(N)CCCC1C(=O)NCCNC(N)=O. The number of hydrogen-bond donors (Lipinski definition) is 4. The molecule has 0 spiro atoms. The molecule has 3 unspecified atom stereocenters. The smallest absolute Gasteiger partial charge is 0.312 e. The first-order chi connectivity index (χ1) is 8.02. The van der Waals surface area contributed by atoms with Gasteiger partial charge in [-0.15, -0.1) is 0 Å². The molecule has 0 heterocycles. The number of carbonyl (C=O) groups is 2. The quantitative estimate of drug-likeness (QED) is 0.500. The van der Waals surface area contributed by atoms with E-state index in [4.69, 9.17) is 11.5 Å². The normalized spacial score (nSPS) is 28.5. The van der Waals surface area contributed by atoms with Crippen molar-refractivity contribution in [3.63, 3.8) is 0 Å². The Morgan fingerprint density at radius 2 is 1.88 bits per heavy atom. The second kappa shape index (κ2) is 6.44. The molecule has 6 heteroatoms. The Hall–Kier alpha value is -1.30. The molecule has 0 aromatic heterocycles. The lowest BCUT2D eigenvalue weighted by molar-refractivity contribution is -0.127. The predicted octanol–water partition coefficient (Wildman–Crippen LogP) is -0.466. The maximum Gasteiger partial charge on any atom is 0.312 e. The monoisotopic (exact) mass is 242 g/mol. The highest BCUT2D eigenvalue weighted by Crippen LogP contribution is 2.28. The molecule has 1 fully saturated rings. The highest BCUT2D eigenvalue weighted by Gasteiger charge is 2.32. The molecule has 3 amide bonds. The highest BCUT2D eigenvalue weighted by atomic mass is 16.2. The first kappa shape index (κ1) is 13.8. The largest absolute Gasteiger partial charge is 0.354 e. The molecule has 0 saturated heterocycles. The third kappa shape index (κ3) is 4.22. The minimum Gasteiger partial charge on any atom is -0.354 e. The molecule has 0 aromatic rings. The van der Waals surface area contributed by atoms with Gasteiger partial charge in [-0.1, -0.05) is 13.3 Å². The summed E-state index contributed by atoms with van der Waals surface area (Å²) < 4.78 is 0. The minimum atomic E-state index is -0.577. The van der Waals surface area contributed by atoms with Crippen LogP contribution in [-0.2, 0) is 4.79 Å². The molecular weight excluding hydrogens is 220 g/mol. The molecule has 0 aliphatic heterocycles. The van der Waals surface area contributed by atoms with Gasteiger partial charge in [-0.25, -0.2) is 4.79 Å². The van der Waals surface area contributed by atoms with Crippen LogP contribution in [0.2, 0.25) is 0 Å². The fourth-order valence-electron chi connectivity index (χ4n) is 2.27. The fraction of sp³-hybridized carbons (Fsp3) is 0.818. The molecular formula is C11H22N4O2. The molecule has 6 nitrogen and oxygen atoms in total. The van der Waals surface area contributed by atoms with Crippen LogP contribution in [0.3, 0.4) is 0 Å². The van der Waals surface area contributed by atoms with Crippen molar-refractivity contribution in [1.29, 1.82) is 0 Å². The topological polar surface area (TPSA) is 110 Å². The van der Waals surface area contributed by atoms with Gasteiger partial charge in [0.05, 0.1) is 0 Å². The summed E-state index contributed by atoms with van der Waals surface area (Å²) in [5, 5.41) is 5.22. The summed E-state index contributed by atoms with van der Waals surface area (Å²) in [7, 11) is 0. The average Bonchev–Trinajstić information content (AvgIpc) is 2.27. The first-order valence-electron chi connectivity index (χ1n) is 6.09. The Morgan fingerprint density at radius 3 is 2.53 bits per heavy atom. The van der Waals surface area contributed by atoms with Crippen molar-refractivity contribution in [1.82, 2.24) is 10.6 Å². The van der Waals surface area contributed by atoms with Crippen LogP contribution in [0.25, 0.3) is 0 Å². The van der Waals surface area contributed by atoms with E-state index in [9.17, 15) is 9.59 Å². The Labute approximate surface area is 101 Å². The number of amides is 3. The summed E-state index contributed by atoms with van der Waals surface area (Å²) in [6.07, 6.45) is 2.89. The lowest BCUT2D eigenvalue weighted by atomic mass is 9.77. The van der Waals surface area contributed by atoms with E-state index in [0.29, 0.717) is 13.1 Å². The number of hydrogen-bond acceptors (Lipinski definition) is 3. The number of rotatable bonds is 4. The third-order valence-corrected chi connectivity index (χ3v) is 3.42. The molecule has 98 valence electrons. The zero-order chi connectivity index (χ0) is 12.8. The molecule has 0 radical (unpaired) electrons. The van der Waals surface area contributed by atoms with Crippen molar-refractivity contribution < 1.29 is 9.59 Å². The Bertz CT molecular complexity index is 283. The van der Waals surface area contributed by atoms with E-state index in [1.807, 2.05) is 6.92 Å². The van der Waals surface area contributed by atoms with Crippen molar-refractivity contribution in [3.8, 4) is 0 Å². The molecule has 1 aliphatic carbocycles. The summed E-state index contributed by atoms with van der Waals surface area (Å²) in [6.45, 7) is 2.78. The van der Waals surface area contributed by atoms with Crippen molar-refractivity contribution in [3.05, 3.63) is 0 Å². The van der Waals surface area contributed by atoms with E-state index in [0.717, 1.165) is 19.3 Å². The van der Waals surface area contributed by atoms with Crippen molar-refractivity contribution in [2.45, 2.75) is 32.2 Å². The van der Waals surface area contributed by atoms with Gasteiger partial charge in [0.1, 0.15) is 0 Å². The number of primary amides is 1. The molecule has 0 bridgehead atoms. The van der Waals surface area contributed by atoms with Gasteiger partial charge < -0.3 is 22.1 Å². The van der Waals surface area contributed by atoms with Crippen LogP contribution >= 0.6 is 0 Å². The lowest BCUT2D eigenvalue weighted by Gasteiger charge is -2.32. The van der Waals surface area contributed by atoms with Gasteiger partial charge in [0.2, 0.25) is 5.91 Å². The Morgan fingerprint density at radius 1 is 1.24 bits per heavy atom. The van der Waals surface area contributed by atoms with Crippen LogP contribution in [-0.4, -0.2) is 31.1 Å². The lowest BCUT2D eigenvalue weighted by Crippen LogP contribution is -2.46. The van der Waals surface area contributed by atoms with E-state index in [1.54, 1.807) is 0 Å². The summed E-state index contributed by atoms with van der Waals surface area (Å²) in [6, 6.07) is -0.462. The number of nitrogens with one attached hydrogen (secondary N) is 2.